The number of benzene rings is 2. The maximum absolute atomic E-state index is 13.1. The van der Waals surface area contributed by atoms with Gasteiger partial charge in [0.25, 0.3) is 5.56 Å². The first-order valence-corrected chi connectivity index (χ1v) is 8.35. The molecule has 0 atom stereocenters. The Kier molecular flexibility index (Phi) is 3.76. The van der Waals surface area contributed by atoms with Crippen molar-refractivity contribution in [3.63, 3.8) is 0 Å². The number of aromatic nitrogens is 3. The molecule has 2 aromatic rings. The minimum absolute atomic E-state index is 0.282. The minimum atomic E-state index is -0.407. The van der Waals surface area contributed by atoms with Gasteiger partial charge in [0.2, 0.25) is 0 Å². The van der Waals surface area contributed by atoms with Crippen LogP contribution in [0.4, 0.5) is 5.82 Å². The van der Waals surface area contributed by atoms with Crippen LogP contribution in [0.3, 0.4) is 0 Å². The SMILES string of the molecule is CCOc1ccc(-n2c(=O)c3c(NC)[nH]c4ccccc4n-3c2=O)cc1. The molecule has 2 aliphatic heterocycles. The zero-order valence-electron chi connectivity index (χ0n) is 14.4. The number of imidazole rings is 1. The van der Waals surface area contributed by atoms with Crippen molar-refractivity contribution in [1.82, 2.24) is 14.1 Å². The van der Waals surface area contributed by atoms with Crippen LogP contribution in [0.5, 0.6) is 5.75 Å². The van der Waals surface area contributed by atoms with E-state index >= 15 is 0 Å². The van der Waals surface area contributed by atoms with Crippen LogP contribution in [0.15, 0.2) is 58.1 Å². The van der Waals surface area contributed by atoms with Crippen LogP contribution in [-0.4, -0.2) is 27.8 Å². The number of fused-ring (bicyclic) bond motifs is 3. The summed E-state index contributed by atoms with van der Waals surface area (Å²) in [5.74, 6) is 1.19. The van der Waals surface area contributed by atoms with Crippen molar-refractivity contribution in [1.29, 1.82) is 0 Å². The molecule has 7 heteroatoms. The Hall–Kier alpha value is -3.48. The van der Waals surface area contributed by atoms with Gasteiger partial charge in [-0.1, -0.05) is 12.1 Å². The molecule has 0 unspecified atom stereocenters. The molecule has 132 valence electrons. The summed E-state index contributed by atoms with van der Waals surface area (Å²) in [6.07, 6.45) is 0. The average molecular weight is 350 g/mol. The van der Waals surface area contributed by atoms with Crippen molar-refractivity contribution in [2.75, 3.05) is 19.0 Å². The van der Waals surface area contributed by atoms with E-state index in [9.17, 15) is 9.59 Å². The lowest BCUT2D eigenvalue weighted by Crippen LogP contribution is -2.25. The van der Waals surface area contributed by atoms with E-state index in [-0.39, 0.29) is 11.2 Å². The van der Waals surface area contributed by atoms with Gasteiger partial charge in [-0.15, -0.1) is 0 Å². The second-order valence-corrected chi connectivity index (χ2v) is 5.80. The number of hydrogen-bond donors (Lipinski definition) is 2. The molecule has 2 heterocycles. The first kappa shape index (κ1) is 16.0. The van der Waals surface area contributed by atoms with E-state index in [0.29, 0.717) is 29.4 Å². The van der Waals surface area contributed by atoms with Crippen molar-refractivity contribution < 1.29 is 4.74 Å². The van der Waals surface area contributed by atoms with Crippen LogP contribution >= 0.6 is 0 Å². The minimum Gasteiger partial charge on any atom is -0.494 e. The summed E-state index contributed by atoms with van der Waals surface area (Å²) in [5, 5.41) is 2.97. The highest BCUT2D eigenvalue weighted by atomic mass is 16.5. The highest BCUT2D eigenvalue weighted by Gasteiger charge is 2.24. The molecule has 0 amide bonds. The number of anilines is 1. The number of H-pyrrole nitrogens is 1. The largest absolute Gasteiger partial charge is 0.494 e. The van der Waals surface area contributed by atoms with E-state index in [0.717, 1.165) is 5.52 Å². The van der Waals surface area contributed by atoms with Gasteiger partial charge in [0.15, 0.2) is 5.69 Å². The Morgan fingerprint density at radius 3 is 2.46 bits per heavy atom. The highest BCUT2D eigenvalue weighted by molar-refractivity contribution is 5.81. The normalized spacial score (nSPS) is 11.2. The number of nitrogens with zero attached hydrogens (tertiary/aromatic N) is 2. The lowest BCUT2D eigenvalue weighted by molar-refractivity contribution is 0.340. The Morgan fingerprint density at radius 2 is 1.77 bits per heavy atom. The van der Waals surface area contributed by atoms with Crippen LogP contribution in [0.2, 0.25) is 0 Å². The van der Waals surface area contributed by atoms with Crippen molar-refractivity contribution in [2.45, 2.75) is 6.92 Å². The van der Waals surface area contributed by atoms with Crippen molar-refractivity contribution in [2.24, 2.45) is 0 Å². The van der Waals surface area contributed by atoms with E-state index in [1.54, 1.807) is 31.3 Å². The zero-order chi connectivity index (χ0) is 18.3. The van der Waals surface area contributed by atoms with Gasteiger partial charge in [-0.05, 0) is 43.3 Å². The summed E-state index contributed by atoms with van der Waals surface area (Å²) < 4.78 is 8.04. The van der Waals surface area contributed by atoms with Crippen molar-refractivity contribution >= 4 is 16.9 Å². The maximum Gasteiger partial charge on any atom is 0.341 e. The number of ether oxygens (including phenoxy) is 1. The zero-order valence-corrected chi connectivity index (χ0v) is 14.4. The summed E-state index contributed by atoms with van der Waals surface area (Å²) in [5.41, 5.74) is 1.40. The fourth-order valence-electron chi connectivity index (χ4n) is 3.16. The third-order valence-electron chi connectivity index (χ3n) is 4.31. The molecule has 0 saturated heterocycles. The molecule has 0 fully saturated rings. The third kappa shape index (κ3) is 2.28. The number of rotatable bonds is 4. The van der Waals surface area contributed by atoms with Gasteiger partial charge >= 0.3 is 5.69 Å². The molecule has 26 heavy (non-hydrogen) atoms. The standard InChI is InChI=1S/C19H18N4O3/c1-3-26-13-10-8-12(9-11-13)22-18(24)16-17(20-2)21-14-6-4-5-7-15(14)23(16)19(22)25/h4-11,20-21H,3H2,1-2H3. The summed E-state index contributed by atoms with van der Waals surface area (Å²) in [6, 6.07) is 14.3. The molecular weight excluding hydrogens is 332 g/mol. The fourth-order valence-corrected chi connectivity index (χ4v) is 3.16. The first-order chi connectivity index (χ1) is 12.7. The van der Waals surface area contributed by atoms with Crippen LogP contribution in [0.25, 0.3) is 22.4 Å². The molecule has 0 aliphatic carbocycles. The Morgan fingerprint density at radius 1 is 1.04 bits per heavy atom. The van der Waals surface area contributed by atoms with Gasteiger partial charge in [0.05, 0.1) is 23.3 Å². The predicted octanol–water partition coefficient (Wildman–Crippen LogP) is 2.35. The van der Waals surface area contributed by atoms with Crippen LogP contribution in [0.1, 0.15) is 6.92 Å². The lowest BCUT2D eigenvalue weighted by Gasteiger charge is -2.11. The van der Waals surface area contributed by atoms with E-state index in [4.69, 9.17) is 4.74 Å². The topological polar surface area (TPSA) is 81.0 Å². The van der Waals surface area contributed by atoms with E-state index in [2.05, 4.69) is 10.3 Å². The molecule has 7 nitrogen and oxygen atoms in total. The quantitative estimate of drug-likeness (QED) is 0.592. The Bertz CT molecular complexity index is 1170. The summed E-state index contributed by atoms with van der Waals surface area (Å²) in [7, 11) is 1.71. The van der Waals surface area contributed by atoms with Crippen LogP contribution < -0.4 is 21.3 Å². The lowest BCUT2D eigenvalue weighted by atomic mass is 10.2. The van der Waals surface area contributed by atoms with Crippen LogP contribution in [-0.2, 0) is 0 Å². The van der Waals surface area contributed by atoms with Gasteiger partial charge in [0, 0.05) is 7.05 Å². The van der Waals surface area contributed by atoms with Gasteiger partial charge in [0.1, 0.15) is 11.6 Å². The van der Waals surface area contributed by atoms with Gasteiger partial charge in [-0.2, -0.15) is 0 Å². The first-order valence-electron chi connectivity index (χ1n) is 8.35. The fraction of sp³-hybridized carbons (Fsp3) is 0.158. The number of nitrogens with one attached hydrogen (secondary N) is 2. The molecule has 0 spiro atoms. The number of para-hydroxylation sites is 2. The number of hydrogen-bond acceptors (Lipinski definition) is 4. The molecule has 2 aromatic carbocycles. The monoisotopic (exact) mass is 350 g/mol. The molecule has 0 bridgehead atoms. The average Bonchev–Trinajstić information content (AvgIpc) is 2.93. The molecule has 0 aromatic heterocycles. The number of aromatic amines is 1. The van der Waals surface area contributed by atoms with Crippen molar-refractivity contribution in [3.8, 4) is 17.1 Å². The smallest absolute Gasteiger partial charge is 0.341 e. The molecule has 4 rings (SSSR count). The predicted molar refractivity (Wildman–Crippen MR) is 101 cm³/mol. The summed E-state index contributed by atoms with van der Waals surface area (Å²) in [6.45, 7) is 2.45. The van der Waals surface area contributed by atoms with Crippen LogP contribution in [0, 0.1) is 0 Å². The molecule has 0 saturated carbocycles. The highest BCUT2D eigenvalue weighted by Crippen LogP contribution is 2.23. The third-order valence-corrected chi connectivity index (χ3v) is 4.31. The van der Waals surface area contributed by atoms with Gasteiger partial charge in [-0.3, -0.25) is 9.36 Å². The molecular formula is C19H18N4O3. The molecule has 0 radical (unpaired) electrons. The second kappa shape index (κ2) is 6.11. The van der Waals surface area contributed by atoms with E-state index in [1.807, 2.05) is 31.2 Å². The maximum atomic E-state index is 13.1. The second-order valence-electron chi connectivity index (χ2n) is 5.80. The van der Waals surface area contributed by atoms with E-state index in [1.165, 1.54) is 9.13 Å². The summed E-state index contributed by atoms with van der Waals surface area (Å²) in [4.78, 5) is 29.3. The van der Waals surface area contributed by atoms with Gasteiger partial charge < -0.3 is 15.0 Å². The Labute approximate surface area is 148 Å². The Balaban J connectivity index is 2.05. The van der Waals surface area contributed by atoms with Gasteiger partial charge in [-0.25, -0.2) is 9.36 Å². The molecule has 2 N–H and O–H groups in total. The summed E-state index contributed by atoms with van der Waals surface area (Å²) >= 11 is 0. The van der Waals surface area contributed by atoms with E-state index < -0.39 is 5.69 Å². The molecule has 2 aliphatic rings. The van der Waals surface area contributed by atoms with Crippen molar-refractivity contribution in [3.05, 3.63) is 69.4 Å².